The topological polar surface area (TPSA) is 63.8 Å². The molecular formula is C9H9ClN4O. The van der Waals surface area contributed by atoms with Crippen LogP contribution in [0.4, 0.5) is 0 Å². The minimum atomic E-state index is -2.65. The van der Waals surface area contributed by atoms with Gasteiger partial charge in [-0.15, -0.1) is 10.2 Å². The molecule has 0 saturated carbocycles. The van der Waals surface area contributed by atoms with Crippen molar-refractivity contribution >= 4 is 11.6 Å². The highest BCUT2D eigenvalue weighted by atomic mass is 35.5. The number of hydrogen-bond donors (Lipinski definition) is 1. The highest BCUT2D eigenvalue weighted by Gasteiger charge is 2.12. The lowest BCUT2D eigenvalue weighted by Gasteiger charge is -2.10. The zero-order chi connectivity index (χ0) is 13.4. The van der Waals surface area contributed by atoms with Crippen molar-refractivity contribution in [1.29, 1.82) is 0 Å². The molecule has 2 aromatic rings. The molecule has 0 aliphatic heterocycles. The van der Waals surface area contributed by atoms with Crippen molar-refractivity contribution in [2.75, 3.05) is 0 Å². The van der Waals surface area contributed by atoms with E-state index < -0.39 is 12.6 Å². The number of aliphatic hydroxyl groups is 1. The van der Waals surface area contributed by atoms with E-state index in [4.69, 9.17) is 15.7 Å². The van der Waals surface area contributed by atoms with E-state index in [0.29, 0.717) is 4.80 Å². The highest BCUT2D eigenvalue weighted by Crippen LogP contribution is 2.22. The lowest BCUT2D eigenvalue weighted by molar-refractivity contribution is 0.144. The van der Waals surface area contributed by atoms with Crippen LogP contribution < -0.4 is 0 Å². The van der Waals surface area contributed by atoms with Crippen LogP contribution in [0.15, 0.2) is 30.6 Å². The van der Waals surface area contributed by atoms with Crippen LogP contribution in [0.1, 0.15) is 15.8 Å². The number of nitrogens with zero attached hydrogens (tertiary/aromatic N) is 4. The third kappa shape index (κ3) is 2.31. The van der Waals surface area contributed by atoms with E-state index in [1.54, 1.807) is 12.1 Å². The third-order valence-electron chi connectivity index (χ3n) is 1.68. The zero-order valence-corrected chi connectivity index (χ0v) is 8.26. The van der Waals surface area contributed by atoms with Gasteiger partial charge >= 0.3 is 0 Å². The Morgan fingerprint density at radius 2 is 2.40 bits per heavy atom. The smallest absolute Gasteiger partial charge is 0.162 e. The van der Waals surface area contributed by atoms with E-state index >= 15 is 0 Å². The molecule has 0 saturated heterocycles. The number of tetrazole rings is 1. The molecule has 1 unspecified atom stereocenters. The second-order valence-electron chi connectivity index (χ2n) is 2.67. The predicted molar refractivity (Wildman–Crippen MR) is 54.2 cm³/mol. The summed E-state index contributed by atoms with van der Waals surface area (Å²) < 4.78 is 23.4. The highest BCUT2D eigenvalue weighted by molar-refractivity contribution is 6.31. The molecule has 1 atom stereocenters. The van der Waals surface area contributed by atoms with Crippen LogP contribution in [0.3, 0.4) is 0 Å². The Kier molecular flexibility index (Phi) is 2.02. The van der Waals surface area contributed by atoms with Crippen LogP contribution in [0.5, 0.6) is 0 Å². The summed E-state index contributed by atoms with van der Waals surface area (Å²) in [5.41, 5.74) is -0.0750. The lowest BCUT2D eigenvalue weighted by atomic mass is 10.1. The number of rotatable bonds is 3. The van der Waals surface area contributed by atoms with Crippen LogP contribution in [-0.2, 0) is 6.50 Å². The SMILES string of the molecule is [2H]C(O)(c1ccccc1Cl)C([2H])([2H])n1ncnn1. The maximum Gasteiger partial charge on any atom is 0.162 e. The Bertz CT molecular complexity index is 547. The number of benzene rings is 1. The molecule has 0 radical (unpaired) electrons. The van der Waals surface area contributed by atoms with Gasteiger partial charge in [0.25, 0.3) is 0 Å². The number of aromatic nitrogens is 4. The second-order valence-corrected chi connectivity index (χ2v) is 3.07. The van der Waals surface area contributed by atoms with Crippen LogP contribution in [0.2, 0.25) is 5.02 Å². The van der Waals surface area contributed by atoms with E-state index in [-0.39, 0.29) is 10.6 Å². The fourth-order valence-electron chi connectivity index (χ4n) is 1.03. The van der Waals surface area contributed by atoms with Gasteiger partial charge in [-0.25, -0.2) is 0 Å². The average molecular weight is 228 g/mol. The van der Waals surface area contributed by atoms with Crippen LogP contribution in [0.25, 0.3) is 0 Å². The molecule has 1 heterocycles. The maximum atomic E-state index is 10.1. The van der Waals surface area contributed by atoms with Gasteiger partial charge in [-0.3, -0.25) is 0 Å². The molecule has 0 fully saturated rings. The minimum Gasteiger partial charge on any atom is -0.386 e. The van der Waals surface area contributed by atoms with Crippen molar-refractivity contribution in [2.45, 2.75) is 12.6 Å². The first-order chi connectivity index (χ1) is 8.37. The summed E-state index contributed by atoms with van der Waals surface area (Å²) in [5.74, 6) is 0. The van der Waals surface area contributed by atoms with Crippen molar-refractivity contribution in [3.05, 3.63) is 41.2 Å². The summed E-state index contributed by atoms with van der Waals surface area (Å²) in [6, 6.07) is 5.99. The standard InChI is InChI=1S/C9H9ClN4O/c10-8-4-2-1-3-7(8)9(15)5-14-12-6-11-13-14/h1-4,6,9,15H,5H2/i5D2,9D. The summed E-state index contributed by atoms with van der Waals surface area (Å²) in [7, 11) is 0. The lowest BCUT2D eigenvalue weighted by Crippen LogP contribution is -2.11. The summed E-state index contributed by atoms with van der Waals surface area (Å²) in [6.45, 7) is -2.62. The third-order valence-corrected chi connectivity index (χ3v) is 2.01. The quantitative estimate of drug-likeness (QED) is 0.852. The molecule has 0 aliphatic rings. The molecule has 6 heteroatoms. The molecule has 15 heavy (non-hydrogen) atoms. The maximum absolute atomic E-state index is 10.1. The first-order valence-corrected chi connectivity index (χ1v) is 4.46. The van der Waals surface area contributed by atoms with Gasteiger partial charge in [0.2, 0.25) is 0 Å². The second kappa shape index (κ2) is 4.37. The van der Waals surface area contributed by atoms with Gasteiger partial charge in [-0.1, -0.05) is 29.8 Å². The molecule has 0 amide bonds. The molecule has 5 nitrogen and oxygen atoms in total. The van der Waals surface area contributed by atoms with Crippen LogP contribution >= 0.6 is 11.6 Å². The van der Waals surface area contributed by atoms with Gasteiger partial charge in [-0.2, -0.15) is 4.80 Å². The molecule has 0 bridgehead atoms. The Labute approximate surface area is 95.5 Å². The van der Waals surface area contributed by atoms with Crippen LogP contribution in [-0.4, -0.2) is 25.3 Å². The van der Waals surface area contributed by atoms with Gasteiger partial charge < -0.3 is 5.11 Å². The first-order valence-electron chi connectivity index (χ1n) is 5.58. The monoisotopic (exact) mass is 227 g/mol. The van der Waals surface area contributed by atoms with Gasteiger partial charge in [0.15, 0.2) is 6.33 Å². The van der Waals surface area contributed by atoms with Gasteiger partial charge in [0.1, 0.15) is 6.08 Å². The van der Waals surface area contributed by atoms with E-state index in [1.807, 2.05) is 0 Å². The molecule has 1 aromatic carbocycles. The Morgan fingerprint density at radius 1 is 1.60 bits per heavy atom. The van der Waals surface area contributed by atoms with E-state index in [9.17, 15) is 5.11 Å². The van der Waals surface area contributed by atoms with Crippen LogP contribution in [0, 0.1) is 0 Å². The predicted octanol–water partition coefficient (Wildman–Crippen LogP) is 1.06. The average Bonchev–Trinajstić information content (AvgIpc) is 2.83. The fourth-order valence-corrected chi connectivity index (χ4v) is 1.25. The number of halogens is 1. The van der Waals surface area contributed by atoms with E-state index in [2.05, 4.69) is 15.4 Å². The first kappa shape index (κ1) is 6.92. The van der Waals surface area contributed by atoms with Crippen molar-refractivity contribution in [2.24, 2.45) is 0 Å². The van der Waals surface area contributed by atoms with Crippen molar-refractivity contribution in [1.82, 2.24) is 20.2 Å². The molecule has 0 spiro atoms. The zero-order valence-electron chi connectivity index (χ0n) is 10.5. The van der Waals surface area contributed by atoms with Crippen molar-refractivity contribution in [3.8, 4) is 0 Å². The number of hydrogen-bond acceptors (Lipinski definition) is 4. The fraction of sp³-hybridized carbons (Fsp3) is 0.222. The van der Waals surface area contributed by atoms with Gasteiger partial charge in [-0.05, 0) is 11.3 Å². The molecular weight excluding hydrogens is 216 g/mol. The molecule has 1 aromatic heterocycles. The largest absolute Gasteiger partial charge is 0.386 e. The summed E-state index contributed by atoms with van der Waals surface area (Å²) in [6.07, 6.45) is -1.63. The Morgan fingerprint density at radius 3 is 3.07 bits per heavy atom. The molecule has 78 valence electrons. The van der Waals surface area contributed by atoms with Gasteiger partial charge in [0.05, 0.1) is 10.6 Å². The Hall–Kier alpha value is -1.46. The van der Waals surface area contributed by atoms with Crippen molar-refractivity contribution < 1.29 is 9.22 Å². The van der Waals surface area contributed by atoms with E-state index in [0.717, 1.165) is 6.33 Å². The molecule has 2 rings (SSSR count). The summed E-state index contributed by atoms with van der Waals surface area (Å²) in [5, 5.41) is 20.5. The molecule has 1 N–H and O–H groups in total. The summed E-state index contributed by atoms with van der Waals surface area (Å²) >= 11 is 5.86. The minimum absolute atomic E-state index is 0.0750. The van der Waals surface area contributed by atoms with Gasteiger partial charge in [0, 0.05) is 10.6 Å². The van der Waals surface area contributed by atoms with E-state index in [1.165, 1.54) is 12.1 Å². The van der Waals surface area contributed by atoms with Crippen molar-refractivity contribution in [3.63, 3.8) is 0 Å². The normalized spacial score (nSPS) is 18.7. The Balaban J connectivity index is 2.52. The molecule has 0 aliphatic carbocycles. The summed E-state index contributed by atoms with van der Waals surface area (Å²) in [4.78, 5) is 0.531.